The minimum atomic E-state index is -1.20. The minimum absolute atomic E-state index is 0.0532. The van der Waals surface area contributed by atoms with Gasteiger partial charge in [-0.25, -0.2) is 9.59 Å². The first-order chi connectivity index (χ1) is 12.2. The fourth-order valence-electron chi connectivity index (χ4n) is 2.14. The van der Waals surface area contributed by atoms with Crippen LogP contribution >= 0.6 is 11.6 Å². The molecule has 10 heteroatoms. The highest BCUT2D eigenvalue weighted by atomic mass is 35.5. The fraction of sp³-hybridized carbons (Fsp3) is 0.312. The van der Waals surface area contributed by atoms with E-state index in [0.29, 0.717) is 16.4 Å². The second-order valence-corrected chi connectivity index (χ2v) is 6.26. The van der Waals surface area contributed by atoms with Crippen molar-refractivity contribution in [3.8, 4) is 5.69 Å². The van der Waals surface area contributed by atoms with Gasteiger partial charge in [-0.3, -0.25) is 10.1 Å². The van der Waals surface area contributed by atoms with E-state index in [1.165, 1.54) is 4.80 Å². The zero-order valence-corrected chi connectivity index (χ0v) is 15.1. The number of nitrogens with one attached hydrogen (secondary N) is 1. The minimum Gasteiger partial charge on any atom is -0.447 e. The van der Waals surface area contributed by atoms with Crippen molar-refractivity contribution in [2.45, 2.75) is 26.9 Å². The van der Waals surface area contributed by atoms with Gasteiger partial charge in [0.2, 0.25) is 0 Å². The van der Waals surface area contributed by atoms with Gasteiger partial charge in [-0.05, 0) is 31.0 Å². The maximum Gasteiger partial charge on any atom is 0.361 e. The fourth-order valence-corrected chi connectivity index (χ4v) is 2.32. The van der Waals surface area contributed by atoms with Crippen LogP contribution in [0.15, 0.2) is 24.3 Å². The number of imide groups is 1. The highest BCUT2D eigenvalue weighted by molar-refractivity contribution is 6.30. The molecule has 0 aliphatic heterocycles. The second kappa shape index (κ2) is 7.96. The Hall–Kier alpha value is -2.94. The van der Waals surface area contributed by atoms with E-state index >= 15 is 0 Å². The van der Waals surface area contributed by atoms with Gasteiger partial charge >= 0.3 is 12.0 Å². The Morgan fingerprint density at radius 1 is 1.27 bits per heavy atom. The van der Waals surface area contributed by atoms with Crippen LogP contribution in [-0.2, 0) is 9.53 Å². The normalized spacial score (nSPS) is 11.9. The molecule has 1 aromatic carbocycles. The molecule has 1 aromatic heterocycles. The number of primary amides is 1. The van der Waals surface area contributed by atoms with Crippen LogP contribution in [0.5, 0.6) is 0 Å². The molecule has 9 nitrogen and oxygen atoms in total. The number of aryl methyl sites for hydroxylation is 1. The lowest BCUT2D eigenvalue weighted by molar-refractivity contribution is -0.130. The Morgan fingerprint density at radius 2 is 1.96 bits per heavy atom. The predicted molar refractivity (Wildman–Crippen MR) is 92.9 cm³/mol. The summed E-state index contributed by atoms with van der Waals surface area (Å²) in [6.07, 6.45) is -1.20. The summed E-state index contributed by atoms with van der Waals surface area (Å²) in [4.78, 5) is 36.5. The number of hydrogen-bond acceptors (Lipinski definition) is 6. The van der Waals surface area contributed by atoms with E-state index < -0.39 is 24.0 Å². The van der Waals surface area contributed by atoms with Crippen molar-refractivity contribution in [3.63, 3.8) is 0 Å². The van der Waals surface area contributed by atoms with Gasteiger partial charge in [-0.15, -0.1) is 5.10 Å². The molecule has 1 atom stereocenters. The van der Waals surface area contributed by atoms with E-state index in [-0.39, 0.29) is 11.6 Å². The molecule has 138 valence electrons. The third-order valence-electron chi connectivity index (χ3n) is 3.36. The number of amides is 3. The van der Waals surface area contributed by atoms with Gasteiger partial charge in [0.15, 0.2) is 11.8 Å². The van der Waals surface area contributed by atoms with Crippen LogP contribution in [0.4, 0.5) is 4.79 Å². The Morgan fingerprint density at radius 3 is 2.54 bits per heavy atom. The van der Waals surface area contributed by atoms with Gasteiger partial charge < -0.3 is 10.5 Å². The number of nitrogens with zero attached hydrogens (tertiary/aromatic N) is 3. The summed E-state index contributed by atoms with van der Waals surface area (Å²) >= 11 is 5.94. The third kappa shape index (κ3) is 4.57. The van der Waals surface area contributed by atoms with Crippen molar-refractivity contribution < 1.29 is 19.1 Å². The SMILES string of the molecule is Cc1nn(-c2cccc(Cl)c2)nc1C(=O)O[C@H](C(=O)NC(N)=O)C(C)C. The van der Waals surface area contributed by atoms with E-state index in [2.05, 4.69) is 10.2 Å². The molecule has 2 aromatic rings. The van der Waals surface area contributed by atoms with Crippen LogP contribution in [-0.4, -0.2) is 39.0 Å². The van der Waals surface area contributed by atoms with Gasteiger partial charge in [0.05, 0.1) is 11.4 Å². The molecule has 0 saturated heterocycles. The van der Waals surface area contributed by atoms with Crippen molar-refractivity contribution in [3.05, 3.63) is 40.7 Å². The molecular weight excluding hydrogens is 362 g/mol. The molecule has 0 spiro atoms. The Kier molecular flexibility index (Phi) is 5.93. The molecule has 0 fully saturated rings. The highest BCUT2D eigenvalue weighted by Crippen LogP contribution is 2.16. The van der Waals surface area contributed by atoms with Gasteiger partial charge in [0.25, 0.3) is 5.91 Å². The van der Waals surface area contributed by atoms with Crippen LogP contribution in [0.2, 0.25) is 5.02 Å². The topological polar surface area (TPSA) is 129 Å². The van der Waals surface area contributed by atoms with Crippen molar-refractivity contribution in [2.75, 3.05) is 0 Å². The van der Waals surface area contributed by atoms with Crippen LogP contribution in [0.3, 0.4) is 0 Å². The zero-order valence-electron chi connectivity index (χ0n) is 14.4. The van der Waals surface area contributed by atoms with E-state index in [9.17, 15) is 14.4 Å². The number of halogens is 1. The first-order valence-electron chi connectivity index (χ1n) is 7.70. The lowest BCUT2D eigenvalue weighted by Gasteiger charge is -2.19. The molecule has 0 saturated carbocycles. The van der Waals surface area contributed by atoms with E-state index in [4.69, 9.17) is 22.1 Å². The monoisotopic (exact) mass is 379 g/mol. The number of rotatable bonds is 5. The molecule has 0 radical (unpaired) electrons. The molecule has 3 amide bonds. The molecule has 26 heavy (non-hydrogen) atoms. The molecule has 0 aliphatic rings. The zero-order chi connectivity index (χ0) is 19.4. The Balaban J connectivity index is 2.23. The number of benzene rings is 1. The number of carbonyl (C=O) groups is 3. The van der Waals surface area contributed by atoms with Gasteiger partial charge in [-0.2, -0.15) is 9.90 Å². The molecule has 0 bridgehead atoms. The molecule has 2 rings (SSSR count). The van der Waals surface area contributed by atoms with Gasteiger partial charge in [0.1, 0.15) is 0 Å². The molecule has 0 unspecified atom stereocenters. The number of urea groups is 1. The van der Waals surface area contributed by atoms with Crippen molar-refractivity contribution >= 4 is 29.5 Å². The number of hydrogen-bond donors (Lipinski definition) is 2. The predicted octanol–water partition coefficient (Wildman–Crippen LogP) is 1.61. The van der Waals surface area contributed by atoms with Crippen molar-refractivity contribution in [1.82, 2.24) is 20.3 Å². The van der Waals surface area contributed by atoms with Crippen molar-refractivity contribution in [1.29, 1.82) is 0 Å². The number of aromatic nitrogens is 3. The van der Waals surface area contributed by atoms with Crippen LogP contribution < -0.4 is 11.1 Å². The molecule has 0 aliphatic carbocycles. The number of carbonyl (C=O) groups excluding carboxylic acids is 3. The van der Waals surface area contributed by atoms with Gasteiger partial charge in [0, 0.05) is 5.02 Å². The average molecular weight is 380 g/mol. The largest absolute Gasteiger partial charge is 0.447 e. The first kappa shape index (κ1) is 19.4. The maximum absolute atomic E-state index is 12.4. The second-order valence-electron chi connectivity index (χ2n) is 5.83. The summed E-state index contributed by atoms with van der Waals surface area (Å²) in [7, 11) is 0. The number of esters is 1. The Bertz CT molecular complexity index is 849. The molecular formula is C16H18ClN5O4. The van der Waals surface area contributed by atoms with Crippen LogP contribution in [0, 0.1) is 12.8 Å². The summed E-state index contributed by atoms with van der Waals surface area (Å²) in [5, 5.41) is 10.7. The smallest absolute Gasteiger partial charge is 0.361 e. The lowest BCUT2D eigenvalue weighted by atomic mass is 10.1. The van der Waals surface area contributed by atoms with Crippen molar-refractivity contribution in [2.24, 2.45) is 11.7 Å². The highest BCUT2D eigenvalue weighted by Gasteiger charge is 2.30. The van der Waals surface area contributed by atoms with E-state index in [1.54, 1.807) is 45.0 Å². The van der Waals surface area contributed by atoms with Crippen LogP contribution in [0.1, 0.15) is 30.0 Å². The van der Waals surface area contributed by atoms with E-state index in [0.717, 1.165) is 0 Å². The molecule has 3 N–H and O–H groups in total. The lowest BCUT2D eigenvalue weighted by Crippen LogP contribution is -2.45. The summed E-state index contributed by atoms with van der Waals surface area (Å²) in [6.45, 7) is 4.90. The summed E-state index contributed by atoms with van der Waals surface area (Å²) < 4.78 is 5.21. The quantitative estimate of drug-likeness (QED) is 0.759. The van der Waals surface area contributed by atoms with Crippen LogP contribution in [0.25, 0.3) is 5.69 Å². The third-order valence-corrected chi connectivity index (χ3v) is 3.59. The summed E-state index contributed by atoms with van der Waals surface area (Å²) in [5.74, 6) is -2.03. The number of nitrogens with two attached hydrogens (primary N) is 1. The van der Waals surface area contributed by atoms with Gasteiger partial charge in [-0.1, -0.05) is 31.5 Å². The average Bonchev–Trinajstić information content (AvgIpc) is 2.93. The number of ether oxygens (including phenoxy) is 1. The molecule has 1 heterocycles. The first-order valence-corrected chi connectivity index (χ1v) is 8.08. The maximum atomic E-state index is 12.4. The summed E-state index contributed by atoms with van der Waals surface area (Å²) in [6, 6.07) is 5.74. The van der Waals surface area contributed by atoms with E-state index in [1.807, 2.05) is 5.32 Å². The Labute approximate surface area is 154 Å². The summed E-state index contributed by atoms with van der Waals surface area (Å²) in [5.41, 5.74) is 5.75. The standard InChI is InChI=1S/C16H18ClN5O4/c1-8(2)13(14(23)19-16(18)25)26-15(24)12-9(3)20-22(21-12)11-6-4-5-10(17)7-11/h4-8,13H,1-3H3,(H3,18,19,23,25)/t13-/m0/s1.